The van der Waals surface area contributed by atoms with E-state index in [1.807, 2.05) is 18.4 Å². The summed E-state index contributed by atoms with van der Waals surface area (Å²) >= 11 is 3.33. The van der Waals surface area contributed by atoms with Crippen LogP contribution in [0.15, 0.2) is 18.2 Å². The Morgan fingerprint density at radius 3 is 2.67 bits per heavy atom. The maximum atomic E-state index is 14.1. The molecule has 0 unspecified atom stereocenters. The number of rotatable bonds is 5. The van der Waals surface area contributed by atoms with E-state index in [0.717, 1.165) is 6.07 Å². The molecule has 0 amide bonds. The Kier molecular flexibility index (Phi) is 4.66. The Hall–Kier alpha value is -1.83. The number of benzene rings is 1. The van der Waals surface area contributed by atoms with Crippen LogP contribution in [-0.4, -0.2) is 19.7 Å². The quantitative estimate of drug-likeness (QED) is 0.466. The van der Waals surface area contributed by atoms with Gasteiger partial charge in [-0.2, -0.15) is 0 Å². The maximum Gasteiger partial charge on any atom is 0.272 e. The molecule has 0 atom stereocenters. The first-order valence-corrected chi connectivity index (χ1v) is 7.48. The highest BCUT2D eigenvalue weighted by atomic mass is 79.9. The van der Waals surface area contributed by atoms with Crippen LogP contribution in [0, 0.1) is 21.8 Å². The summed E-state index contributed by atoms with van der Waals surface area (Å²) in [7, 11) is 0. The fraction of sp³-hybridized carbons (Fsp3) is 0.385. The first-order valence-electron chi connectivity index (χ1n) is 6.36. The Labute approximate surface area is 129 Å². The van der Waals surface area contributed by atoms with Crippen LogP contribution < -0.4 is 0 Å². The van der Waals surface area contributed by atoms with Gasteiger partial charge < -0.3 is 4.57 Å². The molecule has 0 spiro atoms. The number of aromatic nitrogens is 3. The lowest BCUT2D eigenvalue weighted by Gasteiger charge is -2.12. The number of hydrogen-bond donors (Lipinski definition) is 0. The van der Waals surface area contributed by atoms with Crippen LogP contribution in [0.3, 0.4) is 0 Å². The predicted molar refractivity (Wildman–Crippen MR) is 79.5 cm³/mol. The predicted octanol–water partition coefficient (Wildman–Crippen LogP) is 3.54. The van der Waals surface area contributed by atoms with Gasteiger partial charge in [-0.05, 0) is 12.0 Å². The Morgan fingerprint density at radius 1 is 1.43 bits per heavy atom. The van der Waals surface area contributed by atoms with Crippen LogP contribution in [-0.2, 0) is 11.9 Å². The summed E-state index contributed by atoms with van der Waals surface area (Å²) in [4.78, 5) is 10.0. The number of hydrogen-bond acceptors (Lipinski definition) is 4. The van der Waals surface area contributed by atoms with Crippen LogP contribution >= 0.6 is 15.9 Å². The van der Waals surface area contributed by atoms with E-state index in [4.69, 9.17) is 0 Å². The van der Waals surface area contributed by atoms with Crippen molar-refractivity contribution >= 4 is 21.6 Å². The monoisotopic (exact) mass is 356 g/mol. The zero-order valence-corrected chi connectivity index (χ0v) is 13.2. The normalized spacial score (nSPS) is 11.1. The van der Waals surface area contributed by atoms with E-state index in [1.54, 1.807) is 0 Å². The molecular formula is C13H14BrFN4O2. The Morgan fingerprint density at radius 2 is 2.14 bits per heavy atom. The van der Waals surface area contributed by atoms with E-state index < -0.39 is 10.7 Å². The number of nitro groups is 1. The highest BCUT2D eigenvalue weighted by Gasteiger charge is 2.19. The molecule has 0 saturated heterocycles. The second-order valence-corrected chi connectivity index (χ2v) is 5.56. The van der Waals surface area contributed by atoms with Crippen molar-refractivity contribution in [2.45, 2.75) is 25.7 Å². The summed E-state index contributed by atoms with van der Waals surface area (Å²) in [5.41, 5.74) is -0.0761. The van der Waals surface area contributed by atoms with Gasteiger partial charge >= 0.3 is 0 Å². The van der Waals surface area contributed by atoms with Crippen LogP contribution in [0.2, 0.25) is 0 Å². The minimum absolute atomic E-state index is 0.209. The maximum absolute atomic E-state index is 14.1. The molecule has 0 N–H and O–H groups in total. The SMILES string of the molecule is CC(C)Cn1c(CBr)nnc1-c1ccc([N+](=O)[O-])cc1F. The highest BCUT2D eigenvalue weighted by Crippen LogP contribution is 2.26. The van der Waals surface area contributed by atoms with Gasteiger partial charge in [-0.15, -0.1) is 10.2 Å². The molecule has 0 aliphatic heterocycles. The van der Waals surface area contributed by atoms with Crippen LogP contribution in [0.4, 0.5) is 10.1 Å². The molecule has 1 heterocycles. The first-order chi connectivity index (χ1) is 9.93. The number of halogens is 2. The number of nitrogens with zero attached hydrogens (tertiary/aromatic N) is 4. The largest absolute Gasteiger partial charge is 0.310 e. The van der Waals surface area contributed by atoms with E-state index in [-0.39, 0.29) is 11.3 Å². The molecule has 6 nitrogen and oxygen atoms in total. The lowest BCUT2D eigenvalue weighted by molar-refractivity contribution is -0.385. The van der Waals surface area contributed by atoms with Gasteiger partial charge in [0.2, 0.25) is 0 Å². The molecule has 0 aliphatic rings. The van der Waals surface area contributed by atoms with Gasteiger partial charge in [0, 0.05) is 12.6 Å². The van der Waals surface area contributed by atoms with Crippen LogP contribution in [0.5, 0.6) is 0 Å². The zero-order chi connectivity index (χ0) is 15.6. The van der Waals surface area contributed by atoms with E-state index in [2.05, 4.69) is 26.1 Å². The summed E-state index contributed by atoms with van der Waals surface area (Å²) in [5, 5.41) is 19.2. The van der Waals surface area contributed by atoms with Crippen molar-refractivity contribution in [3.05, 3.63) is 40.0 Å². The molecule has 0 radical (unpaired) electrons. The van der Waals surface area contributed by atoms with E-state index in [0.29, 0.717) is 29.4 Å². The van der Waals surface area contributed by atoms with E-state index in [9.17, 15) is 14.5 Å². The van der Waals surface area contributed by atoms with Crippen molar-refractivity contribution in [3.63, 3.8) is 0 Å². The van der Waals surface area contributed by atoms with Gasteiger partial charge in [-0.1, -0.05) is 29.8 Å². The fourth-order valence-corrected chi connectivity index (χ4v) is 2.40. The van der Waals surface area contributed by atoms with Gasteiger partial charge in [0.05, 0.1) is 21.9 Å². The standard InChI is InChI=1S/C13H14BrFN4O2/c1-8(2)7-18-12(6-14)16-17-13(18)10-4-3-9(19(20)21)5-11(10)15/h3-5,8H,6-7H2,1-2H3. The molecule has 0 saturated carbocycles. The molecule has 1 aromatic carbocycles. The lowest BCUT2D eigenvalue weighted by Crippen LogP contribution is -2.10. The molecular weight excluding hydrogens is 343 g/mol. The van der Waals surface area contributed by atoms with Gasteiger partial charge in [0.1, 0.15) is 11.6 Å². The van der Waals surface area contributed by atoms with Gasteiger partial charge in [-0.25, -0.2) is 4.39 Å². The van der Waals surface area contributed by atoms with Crippen molar-refractivity contribution in [3.8, 4) is 11.4 Å². The van der Waals surface area contributed by atoms with Gasteiger partial charge in [0.15, 0.2) is 5.82 Å². The summed E-state index contributed by atoms with van der Waals surface area (Å²) in [6.45, 7) is 4.71. The average Bonchev–Trinajstić information content (AvgIpc) is 2.80. The highest BCUT2D eigenvalue weighted by molar-refractivity contribution is 9.08. The molecule has 1 aromatic heterocycles. The Balaban J connectivity index is 2.51. The molecule has 2 aromatic rings. The van der Waals surface area contributed by atoms with Crippen molar-refractivity contribution in [1.29, 1.82) is 0 Å². The number of non-ortho nitro benzene ring substituents is 1. The van der Waals surface area contributed by atoms with Crippen LogP contribution in [0.1, 0.15) is 19.7 Å². The second-order valence-electron chi connectivity index (χ2n) is 5.00. The van der Waals surface area contributed by atoms with Crippen molar-refractivity contribution in [1.82, 2.24) is 14.8 Å². The second kappa shape index (κ2) is 6.30. The van der Waals surface area contributed by atoms with Crippen LogP contribution in [0.25, 0.3) is 11.4 Å². The van der Waals surface area contributed by atoms with Crippen molar-refractivity contribution in [2.75, 3.05) is 0 Å². The van der Waals surface area contributed by atoms with Crippen molar-refractivity contribution < 1.29 is 9.31 Å². The van der Waals surface area contributed by atoms with Gasteiger partial charge in [-0.3, -0.25) is 10.1 Å². The fourth-order valence-electron chi connectivity index (χ4n) is 1.99. The molecule has 0 fully saturated rings. The van der Waals surface area contributed by atoms with Crippen molar-refractivity contribution in [2.24, 2.45) is 5.92 Å². The third kappa shape index (κ3) is 3.26. The van der Waals surface area contributed by atoms with E-state index in [1.165, 1.54) is 12.1 Å². The lowest BCUT2D eigenvalue weighted by atomic mass is 10.1. The summed E-state index contributed by atoms with van der Waals surface area (Å²) in [6.07, 6.45) is 0. The third-order valence-corrected chi connectivity index (χ3v) is 3.40. The smallest absolute Gasteiger partial charge is 0.272 e. The molecule has 8 heteroatoms. The summed E-state index contributed by atoms with van der Waals surface area (Å²) in [5.74, 6) is 0.725. The number of nitro benzene ring substituents is 1. The summed E-state index contributed by atoms with van der Waals surface area (Å²) in [6, 6.07) is 3.53. The van der Waals surface area contributed by atoms with E-state index >= 15 is 0 Å². The average molecular weight is 357 g/mol. The third-order valence-electron chi connectivity index (χ3n) is 2.90. The molecule has 21 heavy (non-hydrogen) atoms. The Bertz CT molecular complexity index is 672. The number of alkyl halides is 1. The molecule has 2 rings (SSSR count). The van der Waals surface area contributed by atoms with Gasteiger partial charge in [0.25, 0.3) is 5.69 Å². The minimum atomic E-state index is -0.678. The topological polar surface area (TPSA) is 73.8 Å². The summed E-state index contributed by atoms with van der Waals surface area (Å²) < 4.78 is 16.0. The molecule has 0 bridgehead atoms. The minimum Gasteiger partial charge on any atom is -0.310 e. The first kappa shape index (κ1) is 15.6. The molecule has 0 aliphatic carbocycles. The molecule has 112 valence electrons. The zero-order valence-electron chi connectivity index (χ0n) is 11.6.